The Morgan fingerprint density at radius 1 is 1.35 bits per heavy atom. The second-order valence-corrected chi connectivity index (χ2v) is 6.94. The SMILES string of the molecule is CCCCSc1cc2c(cc1Br)C(NCCC)C(=O)N2. The van der Waals surface area contributed by atoms with Gasteiger partial charge in [-0.3, -0.25) is 4.79 Å². The van der Waals surface area contributed by atoms with Crippen LogP contribution in [0, 0.1) is 0 Å². The topological polar surface area (TPSA) is 41.1 Å². The Kier molecular flexibility index (Phi) is 5.93. The van der Waals surface area contributed by atoms with Gasteiger partial charge in [-0.1, -0.05) is 20.3 Å². The molecular weight excluding hydrogens is 336 g/mol. The highest BCUT2D eigenvalue weighted by molar-refractivity contribution is 9.10. The summed E-state index contributed by atoms with van der Waals surface area (Å²) in [6, 6.07) is 3.95. The fourth-order valence-corrected chi connectivity index (χ4v) is 3.95. The number of nitrogens with one attached hydrogen (secondary N) is 2. The van der Waals surface area contributed by atoms with E-state index in [1.54, 1.807) is 0 Å². The average Bonchev–Trinajstić information content (AvgIpc) is 2.72. The zero-order valence-corrected chi connectivity index (χ0v) is 14.4. The predicted molar refractivity (Wildman–Crippen MR) is 89.4 cm³/mol. The van der Waals surface area contributed by atoms with Gasteiger partial charge >= 0.3 is 0 Å². The summed E-state index contributed by atoms with van der Waals surface area (Å²) in [5.41, 5.74) is 2.00. The molecular formula is C15H21BrN2OS. The van der Waals surface area contributed by atoms with Crippen molar-refractivity contribution in [3.05, 3.63) is 22.2 Å². The zero-order valence-electron chi connectivity index (χ0n) is 12.0. The first kappa shape index (κ1) is 15.9. The van der Waals surface area contributed by atoms with Crippen LogP contribution in [0.4, 0.5) is 5.69 Å². The monoisotopic (exact) mass is 356 g/mol. The minimum atomic E-state index is -0.212. The molecule has 20 heavy (non-hydrogen) atoms. The summed E-state index contributed by atoms with van der Waals surface area (Å²) in [5.74, 6) is 1.16. The molecule has 1 aliphatic heterocycles. The van der Waals surface area contributed by atoms with Gasteiger partial charge in [0.25, 0.3) is 0 Å². The van der Waals surface area contributed by atoms with Crippen LogP contribution in [0.2, 0.25) is 0 Å². The summed E-state index contributed by atoms with van der Waals surface area (Å²) in [6.45, 7) is 5.15. The van der Waals surface area contributed by atoms with Crippen molar-refractivity contribution in [2.45, 2.75) is 44.0 Å². The lowest BCUT2D eigenvalue weighted by Crippen LogP contribution is -2.27. The number of unbranched alkanes of at least 4 members (excludes halogenated alkanes) is 1. The van der Waals surface area contributed by atoms with Crippen molar-refractivity contribution in [2.75, 3.05) is 17.6 Å². The summed E-state index contributed by atoms with van der Waals surface area (Å²) < 4.78 is 1.08. The molecule has 0 fully saturated rings. The molecule has 0 bridgehead atoms. The number of carbonyl (C=O) groups is 1. The van der Waals surface area contributed by atoms with E-state index >= 15 is 0 Å². The van der Waals surface area contributed by atoms with Gasteiger partial charge in [0.1, 0.15) is 6.04 Å². The second-order valence-electron chi connectivity index (χ2n) is 4.95. The Balaban J connectivity index is 2.16. The molecule has 5 heteroatoms. The summed E-state index contributed by atoms with van der Waals surface area (Å²) >= 11 is 5.47. The van der Waals surface area contributed by atoms with Crippen molar-refractivity contribution in [3.8, 4) is 0 Å². The minimum absolute atomic E-state index is 0.0519. The van der Waals surface area contributed by atoms with E-state index < -0.39 is 0 Å². The van der Waals surface area contributed by atoms with Crippen LogP contribution in [-0.2, 0) is 4.79 Å². The molecule has 2 N–H and O–H groups in total. The fraction of sp³-hybridized carbons (Fsp3) is 0.533. The maximum atomic E-state index is 12.0. The normalized spacial score (nSPS) is 17.1. The van der Waals surface area contributed by atoms with Gasteiger partial charge in [0.15, 0.2) is 0 Å². The third-order valence-corrected chi connectivity index (χ3v) is 5.35. The number of carbonyl (C=O) groups excluding carboxylic acids is 1. The quantitative estimate of drug-likeness (QED) is 0.564. The van der Waals surface area contributed by atoms with E-state index in [1.165, 1.54) is 17.7 Å². The highest BCUT2D eigenvalue weighted by atomic mass is 79.9. The van der Waals surface area contributed by atoms with Crippen LogP contribution in [0.3, 0.4) is 0 Å². The summed E-state index contributed by atoms with van der Waals surface area (Å²) in [4.78, 5) is 13.2. The zero-order chi connectivity index (χ0) is 14.5. The first-order valence-electron chi connectivity index (χ1n) is 7.17. The first-order chi connectivity index (χ1) is 9.67. The van der Waals surface area contributed by atoms with E-state index in [2.05, 4.69) is 52.5 Å². The molecule has 1 aromatic carbocycles. The number of halogens is 1. The maximum Gasteiger partial charge on any atom is 0.246 e. The molecule has 1 aromatic rings. The van der Waals surface area contributed by atoms with E-state index in [0.29, 0.717) is 0 Å². The molecule has 1 heterocycles. The maximum absolute atomic E-state index is 12.0. The molecule has 0 aliphatic carbocycles. The van der Waals surface area contributed by atoms with Gasteiger partial charge in [0.2, 0.25) is 5.91 Å². The van der Waals surface area contributed by atoms with Crippen molar-refractivity contribution in [2.24, 2.45) is 0 Å². The van der Waals surface area contributed by atoms with Crippen LogP contribution in [0.1, 0.15) is 44.7 Å². The minimum Gasteiger partial charge on any atom is -0.324 e. The Hall–Kier alpha value is -0.520. The van der Waals surface area contributed by atoms with E-state index in [4.69, 9.17) is 0 Å². The number of thioether (sulfide) groups is 1. The number of benzene rings is 1. The molecule has 0 spiro atoms. The van der Waals surface area contributed by atoms with Gasteiger partial charge in [-0.15, -0.1) is 11.8 Å². The Labute approximate surface area is 133 Å². The van der Waals surface area contributed by atoms with E-state index in [-0.39, 0.29) is 11.9 Å². The Morgan fingerprint density at radius 3 is 2.85 bits per heavy atom. The molecule has 1 amide bonds. The van der Waals surface area contributed by atoms with E-state index in [0.717, 1.165) is 34.4 Å². The summed E-state index contributed by atoms with van der Waals surface area (Å²) in [7, 11) is 0. The Bertz CT molecular complexity index is 493. The van der Waals surface area contributed by atoms with E-state index in [1.807, 2.05) is 11.8 Å². The summed E-state index contributed by atoms with van der Waals surface area (Å²) in [5, 5.41) is 6.28. The van der Waals surface area contributed by atoms with Crippen molar-refractivity contribution in [1.29, 1.82) is 0 Å². The van der Waals surface area contributed by atoms with Gasteiger partial charge in [0.05, 0.1) is 0 Å². The lowest BCUT2D eigenvalue weighted by molar-refractivity contribution is -0.117. The lowest BCUT2D eigenvalue weighted by Gasteiger charge is -2.12. The molecule has 2 rings (SSSR count). The standard InChI is InChI=1S/C15H21BrN2OS/c1-3-5-7-20-13-9-12-10(8-11(13)16)14(15(19)18-12)17-6-4-2/h8-9,14,17H,3-7H2,1-2H3,(H,18,19). The third kappa shape index (κ3) is 3.57. The predicted octanol–water partition coefficient (Wildman–Crippen LogP) is 4.33. The molecule has 110 valence electrons. The molecule has 1 aliphatic rings. The number of anilines is 1. The van der Waals surface area contributed by atoms with Gasteiger partial charge < -0.3 is 10.6 Å². The van der Waals surface area contributed by atoms with Crippen LogP contribution >= 0.6 is 27.7 Å². The lowest BCUT2D eigenvalue weighted by atomic mass is 10.1. The van der Waals surface area contributed by atoms with Crippen molar-refractivity contribution < 1.29 is 4.79 Å². The molecule has 0 saturated heterocycles. The first-order valence-corrected chi connectivity index (χ1v) is 8.95. The fourth-order valence-electron chi connectivity index (χ4n) is 2.19. The third-order valence-electron chi connectivity index (χ3n) is 3.29. The highest BCUT2D eigenvalue weighted by Gasteiger charge is 2.30. The van der Waals surface area contributed by atoms with Crippen molar-refractivity contribution in [3.63, 3.8) is 0 Å². The van der Waals surface area contributed by atoms with E-state index in [9.17, 15) is 4.79 Å². The van der Waals surface area contributed by atoms with Crippen molar-refractivity contribution >= 4 is 39.3 Å². The Morgan fingerprint density at radius 2 is 2.15 bits per heavy atom. The second kappa shape index (κ2) is 7.48. The molecule has 0 aromatic heterocycles. The largest absolute Gasteiger partial charge is 0.324 e. The summed E-state index contributed by atoms with van der Waals surface area (Å²) in [6.07, 6.45) is 3.43. The van der Waals surface area contributed by atoms with Crippen LogP contribution < -0.4 is 10.6 Å². The van der Waals surface area contributed by atoms with Crippen LogP contribution in [0.25, 0.3) is 0 Å². The number of fused-ring (bicyclic) bond motifs is 1. The number of hydrogen-bond acceptors (Lipinski definition) is 3. The average molecular weight is 357 g/mol. The molecule has 1 unspecified atom stereocenters. The molecule has 3 nitrogen and oxygen atoms in total. The van der Waals surface area contributed by atoms with Gasteiger partial charge in [-0.2, -0.15) is 0 Å². The number of hydrogen-bond donors (Lipinski definition) is 2. The number of amides is 1. The molecule has 1 atom stereocenters. The number of rotatable bonds is 7. The van der Waals surface area contributed by atoms with Gasteiger partial charge in [-0.25, -0.2) is 0 Å². The van der Waals surface area contributed by atoms with Crippen LogP contribution in [-0.4, -0.2) is 18.2 Å². The van der Waals surface area contributed by atoms with Crippen LogP contribution in [0.15, 0.2) is 21.5 Å². The molecule has 0 saturated carbocycles. The van der Waals surface area contributed by atoms with Crippen LogP contribution in [0.5, 0.6) is 0 Å². The highest BCUT2D eigenvalue weighted by Crippen LogP contribution is 2.39. The molecule has 0 radical (unpaired) electrons. The smallest absolute Gasteiger partial charge is 0.246 e. The van der Waals surface area contributed by atoms with Gasteiger partial charge in [-0.05, 0) is 53.2 Å². The van der Waals surface area contributed by atoms with Gasteiger partial charge in [0, 0.05) is 20.6 Å². The van der Waals surface area contributed by atoms with Crippen molar-refractivity contribution in [1.82, 2.24) is 5.32 Å².